The van der Waals surface area contributed by atoms with E-state index in [1.165, 1.54) is 5.56 Å². The third-order valence-electron chi connectivity index (χ3n) is 2.93. The minimum Gasteiger partial charge on any atom is -0.364 e. The second-order valence-corrected chi connectivity index (χ2v) is 3.77. The van der Waals surface area contributed by atoms with Gasteiger partial charge in [-0.25, -0.2) is 0 Å². The Hall–Kier alpha value is -1.42. The average molecular weight is 191 g/mol. The second-order valence-electron chi connectivity index (χ2n) is 3.77. The van der Waals surface area contributed by atoms with Crippen LogP contribution in [-0.4, -0.2) is 11.0 Å². The summed E-state index contributed by atoms with van der Waals surface area (Å²) >= 11 is 0. The van der Waals surface area contributed by atoms with Gasteiger partial charge in [0.25, 0.3) is 5.69 Å². The largest absolute Gasteiger partial charge is 0.364 e. The van der Waals surface area contributed by atoms with Crippen LogP contribution >= 0.6 is 0 Å². The maximum Gasteiger partial charge on any atom is 0.269 e. The van der Waals surface area contributed by atoms with Crippen LogP contribution in [0.15, 0.2) is 18.2 Å². The van der Waals surface area contributed by atoms with Gasteiger partial charge in [-0.2, -0.15) is 0 Å². The molecular weight excluding hydrogens is 182 g/mol. The number of epoxide rings is 1. The van der Waals surface area contributed by atoms with Gasteiger partial charge < -0.3 is 4.74 Å². The zero-order valence-corrected chi connectivity index (χ0v) is 7.47. The highest BCUT2D eigenvalue weighted by Crippen LogP contribution is 2.47. The van der Waals surface area contributed by atoms with Gasteiger partial charge in [0.05, 0.1) is 11.0 Å². The molecule has 1 aliphatic carbocycles. The number of non-ortho nitro benzene ring substituents is 1. The Morgan fingerprint density at radius 2 is 2.36 bits per heavy atom. The summed E-state index contributed by atoms with van der Waals surface area (Å²) < 4.78 is 5.42. The number of aryl methyl sites for hydroxylation is 1. The number of rotatable bonds is 1. The maximum absolute atomic E-state index is 10.6. The molecule has 3 rings (SSSR count). The van der Waals surface area contributed by atoms with Crippen LogP contribution in [0.25, 0.3) is 0 Å². The molecule has 0 amide bonds. The molecule has 1 heterocycles. The summed E-state index contributed by atoms with van der Waals surface area (Å²) in [6.45, 7) is 0. The van der Waals surface area contributed by atoms with Crippen LogP contribution in [0, 0.1) is 10.1 Å². The van der Waals surface area contributed by atoms with Crippen molar-refractivity contribution in [1.82, 2.24) is 0 Å². The lowest BCUT2D eigenvalue weighted by Gasteiger charge is -2.10. The van der Waals surface area contributed by atoms with Gasteiger partial charge >= 0.3 is 0 Å². The smallest absolute Gasteiger partial charge is 0.269 e. The van der Waals surface area contributed by atoms with Crippen molar-refractivity contribution in [2.75, 3.05) is 0 Å². The maximum atomic E-state index is 10.6. The van der Waals surface area contributed by atoms with Crippen LogP contribution < -0.4 is 0 Å². The van der Waals surface area contributed by atoms with E-state index in [9.17, 15) is 10.1 Å². The van der Waals surface area contributed by atoms with Crippen LogP contribution in [0.1, 0.15) is 23.7 Å². The standard InChI is InChI=1S/C10H9NO3/c12-11(13)7-3-1-6-2-4-9-10(14-9)8(6)5-7/h1,3,5,9-10H,2,4H2/t9-,10+/m0/s1. The van der Waals surface area contributed by atoms with Gasteiger partial charge in [-0.1, -0.05) is 6.07 Å². The highest BCUT2D eigenvalue weighted by atomic mass is 16.6. The first kappa shape index (κ1) is 7.94. The number of benzene rings is 1. The molecule has 1 saturated heterocycles. The summed E-state index contributed by atoms with van der Waals surface area (Å²) in [5, 5.41) is 10.6. The summed E-state index contributed by atoms with van der Waals surface area (Å²) in [5.74, 6) is 0. The van der Waals surface area contributed by atoms with Crippen molar-refractivity contribution in [2.24, 2.45) is 0 Å². The molecule has 1 aromatic rings. The first-order valence-electron chi connectivity index (χ1n) is 4.68. The van der Waals surface area contributed by atoms with E-state index >= 15 is 0 Å². The summed E-state index contributed by atoms with van der Waals surface area (Å²) in [4.78, 5) is 10.2. The lowest BCUT2D eigenvalue weighted by atomic mass is 9.91. The Labute approximate surface area is 80.6 Å². The fourth-order valence-corrected chi connectivity index (χ4v) is 2.12. The van der Waals surface area contributed by atoms with Crippen molar-refractivity contribution in [1.29, 1.82) is 0 Å². The van der Waals surface area contributed by atoms with Gasteiger partial charge in [0.15, 0.2) is 0 Å². The van der Waals surface area contributed by atoms with Gasteiger partial charge in [-0.15, -0.1) is 0 Å². The van der Waals surface area contributed by atoms with E-state index in [-0.39, 0.29) is 16.7 Å². The zero-order valence-electron chi connectivity index (χ0n) is 7.47. The lowest BCUT2D eigenvalue weighted by molar-refractivity contribution is -0.384. The monoisotopic (exact) mass is 191 g/mol. The Kier molecular flexibility index (Phi) is 1.44. The van der Waals surface area contributed by atoms with Gasteiger partial charge in [0.2, 0.25) is 0 Å². The molecule has 1 aliphatic heterocycles. The Bertz CT molecular complexity index is 416. The molecule has 0 saturated carbocycles. The quantitative estimate of drug-likeness (QED) is 0.387. The fraction of sp³-hybridized carbons (Fsp3) is 0.400. The van der Waals surface area contributed by atoms with Gasteiger partial charge in [0, 0.05) is 12.1 Å². The zero-order chi connectivity index (χ0) is 9.71. The average Bonchev–Trinajstić information content (AvgIpc) is 2.95. The molecule has 0 radical (unpaired) electrons. The minimum atomic E-state index is -0.355. The molecule has 0 aromatic heterocycles. The Balaban J connectivity index is 2.08. The molecule has 0 N–H and O–H groups in total. The van der Waals surface area contributed by atoms with E-state index in [2.05, 4.69) is 0 Å². The van der Waals surface area contributed by atoms with Gasteiger partial charge in [0.1, 0.15) is 6.10 Å². The van der Waals surface area contributed by atoms with Crippen molar-refractivity contribution >= 4 is 5.69 Å². The summed E-state index contributed by atoms with van der Waals surface area (Å²) in [6.07, 6.45) is 2.49. The van der Waals surface area contributed by atoms with Crippen LogP contribution in [0.4, 0.5) is 5.69 Å². The van der Waals surface area contributed by atoms with Crippen molar-refractivity contribution in [3.05, 3.63) is 39.4 Å². The molecule has 2 atom stereocenters. The van der Waals surface area contributed by atoms with E-state index in [1.807, 2.05) is 6.07 Å². The molecule has 14 heavy (non-hydrogen) atoms. The Morgan fingerprint density at radius 1 is 1.50 bits per heavy atom. The molecule has 72 valence electrons. The molecule has 0 spiro atoms. The van der Waals surface area contributed by atoms with Crippen molar-refractivity contribution in [2.45, 2.75) is 25.0 Å². The van der Waals surface area contributed by atoms with Crippen LogP contribution in [-0.2, 0) is 11.2 Å². The lowest BCUT2D eigenvalue weighted by Crippen LogP contribution is -2.04. The molecule has 0 bridgehead atoms. The number of hydrogen-bond donors (Lipinski definition) is 0. The van der Waals surface area contributed by atoms with Crippen LogP contribution in [0.3, 0.4) is 0 Å². The fourth-order valence-electron chi connectivity index (χ4n) is 2.12. The predicted octanol–water partition coefficient (Wildman–Crippen LogP) is 1.98. The third-order valence-corrected chi connectivity index (χ3v) is 2.93. The van der Waals surface area contributed by atoms with E-state index in [0.717, 1.165) is 18.4 Å². The summed E-state index contributed by atoms with van der Waals surface area (Å²) in [5.41, 5.74) is 2.39. The molecule has 0 unspecified atom stereocenters. The molecule has 1 fully saturated rings. The first-order valence-corrected chi connectivity index (χ1v) is 4.68. The van der Waals surface area contributed by atoms with Crippen molar-refractivity contribution in [3.63, 3.8) is 0 Å². The van der Waals surface area contributed by atoms with Gasteiger partial charge in [-0.05, 0) is 24.0 Å². The van der Waals surface area contributed by atoms with E-state index in [4.69, 9.17) is 4.74 Å². The number of fused-ring (bicyclic) bond motifs is 3. The Morgan fingerprint density at radius 3 is 3.14 bits per heavy atom. The molecule has 4 heteroatoms. The van der Waals surface area contributed by atoms with E-state index in [1.54, 1.807) is 12.1 Å². The van der Waals surface area contributed by atoms with Crippen LogP contribution in [0.5, 0.6) is 0 Å². The number of nitrogens with zero attached hydrogens (tertiary/aromatic N) is 1. The van der Waals surface area contributed by atoms with Crippen molar-refractivity contribution < 1.29 is 9.66 Å². The number of nitro benzene ring substituents is 1. The number of ether oxygens (including phenoxy) is 1. The highest BCUT2D eigenvalue weighted by Gasteiger charge is 2.44. The highest BCUT2D eigenvalue weighted by molar-refractivity contribution is 5.44. The third kappa shape index (κ3) is 1.04. The number of hydrogen-bond acceptors (Lipinski definition) is 3. The minimum absolute atomic E-state index is 0.138. The predicted molar refractivity (Wildman–Crippen MR) is 49.0 cm³/mol. The van der Waals surface area contributed by atoms with Crippen molar-refractivity contribution in [3.8, 4) is 0 Å². The number of nitro groups is 1. The van der Waals surface area contributed by atoms with Gasteiger partial charge in [-0.3, -0.25) is 10.1 Å². The van der Waals surface area contributed by atoms with E-state index in [0.29, 0.717) is 6.10 Å². The summed E-state index contributed by atoms with van der Waals surface area (Å²) in [6, 6.07) is 5.08. The van der Waals surface area contributed by atoms with Crippen LogP contribution in [0.2, 0.25) is 0 Å². The first-order chi connectivity index (χ1) is 6.75. The summed E-state index contributed by atoms with van der Waals surface area (Å²) in [7, 11) is 0. The molecule has 2 aliphatic rings. The second kappa shape index (κ2) is 2.54. The normalized spacial score (nSPS) is 27.7. The molecule has 4 nitrogen and oxygen atoms in total. The SMILES string of the molecule is O=[N+]([O-])c1ccc2c(c1)[C@H]1O[C@H]1CC2. The van der Waals surface area contributed by atoms with E-state index < -0.39 is 0 Å². The molecule has 1 aromatic carbocycles. The molecular formula is C10H9NO3. The topological polar surface area (TPSA) is 55.7 Å².